The quantitative estimate of drug-likeness (QED) is 0.174. The fourth-order valence-corrected chi connectivity index (χ4v) is 8.22. The van der Waals surface area contributed by atoms with E-state index >= 15 is 0 Å². The van der Waals surface area contributed by atoms with E-state index < -0.39 is 29.2 Å². The number of carbonyl (C=O) groups excluding carboxylic acids is 3. The minimum atomic E-state index is -1.41. The number of anilines is 2. The van der Waals surface area contributed by atoms with Crippen LogP contribution in [0.15, 0.2) is 21.8 Å². The maximum Gasteiger partial charge on any atom is 0.336 e. The van der Waals surface area contributed by atoms with Gasteiger partial charge in [0, 0.05) is 23.1 Å². The van der Waals surface area contributed by atoms with Gasteiger partial charge in [-0.3, -0.25) is 19.4 Å². The minimum Gasteiger partial charge on any atom is -0.543 e. The predicted octanol–water partition coefficient (Wildman–Crippen LogP) is -0.229. The van der Waals surface area contributed by atoms with Gasteiger partial charge in [-0.15, -0.1) is 23.1 Å². The number of nitrogen functional groups attached to an aromatic ring is 1. The summed E-state index contributed by atoms with van der Waals surface area (Å²) in [6.07, 6.45) is 4.46. The molecule has 0 radical (unpaired) electrons. The molecule has 0 aromatic carbocycles. The van der Waals surface area contributed by atoms with Crippen LogP contribution in [0, 0.1) is 0 Å². The standard InChI is InChI=1S/C24H29N7O5S3/c1-4-36-28-16(13-11-38-23(25)26-13)19(32)27-17-20(33)31-18(22(34)35)12(10-37-21(17)31)9-29(2)24-30(3)14-7-5-6-8-15(14)39-24/h11,17,21H,4-10H2,1-3H3,(H3-,25,26,27,32,34,35)/b28-16-. The van der Waals surface area contributed by atoms with Crippen LogP contribution in [0.1, 0.15) is 36.0 Å². The SMILES string of the molecule is CCO/N=C(\C(=O)NC1C(=O)N2C(C(=O)[O-])=C(CN(C)c3sc4c([n+]3C)CCCC4)CSC12)c1csc(N)n1. The number of hydrogen-bond acceptors (Lipinski definition) is 12. The van der Waals surface area contributed by atoms with Crippen molar-refractivity contribution in [2.75, 3.05) is 36.6 Å². The smallest absolute Gasteiger partial charge is 0.336 e. The molecule has 0 bridgehead atoms. The molecule has 3 aliphatic rings. The van der Waals surface area contributed by atoms with E-state index in [1.54, 1.807) is 23.6 Å². The van der Waals surface area contributed by atoms with E-state index in [-0.39, 0.29) is 28.8 Å². The molecule has 2 aromatic heterocycles. The molecule has 208 valence electrons. The van der Waals surface area contributed by atoms with E-state index in [0.29, 0.717) is 17.9 Å². The molecule has 39 heavy (non-hydrogen) atoms. The van der Waals surface area contributed by atoms with Crippen LogP contribution in [0.25, 0.3) is 0 Å². The highest BCUT2D eigenvalue weighted by Crippen LogP contribution is 2.41. The maximum absolute atomic E-state index is 13.2. The molecule has 1 fully saturated rings. The fourth-order valence-electron chi connectivity index (χ4n) is 5.04. The Balaban J connectivity index is 1.33. The van der Waals surface area contributed by atoms with Crippen LogP contribution in [0.5, 0.6) is 0 Å². The van der Waals surface area contributed by atoms with Gasteiger partial charge in [-0.25, -0.2) is 9.55 Å². The molecule has 15 heteroatoms. The molecule has 12 nitrogen and oxygen atoms in total. The van der Waals surface area contributed by atoms with E-state index in [2.05, 4.69) is 20.0 Å². The van der Waals surface area contributed by atoms with Crippen LogP contribution < -0.4 is 25.6 Å². The summed E-state index contributed by atoms with van der Waals surface area (Å²) in [5, 5.41) is 21.1. The lowest BCUT2D eigenvalue weighted by Crippen LogP contribution is -2.71. The van der Waals surface area contributed by atoms with Crippen molar-refractivity contribution in [3.8, 4) is 0 Å². The van der Waals surface area contributed by atoms with Gasteiger partial charge >= 0.3 is 5.13 Å². The van der Waals surface area contributed by atoms with Gasteiger partial charge in [-0.05, 0) is 26.2 Å². The summed E-state index contributed by atoms with van der Waals surface area (Å²) in [6.45, 7) is 2.29. The molecule has 4 heterocycles. The summed E-state index contributed by atoms with van der Waals surface area (Å²) in [5.41, 5.74) is 7.63. The summed E-state index contributed by atoms with van der Waals surface area (Å²) in [6, 6.07) is -0.930. The summed E-state index contributed by atoms with van der Waals surface area (Å²) >= 11 is 4.28. The number of nitrogens with zero attached hydrogens (tertiary/aromatic N) is 5. The third-order valence-electron chi connectivity index (χ3n) is 6.84. The molecule has 2 aliphatic heterocycles. The third kappa shape index (κ3) is 5.10. The number of aromatic nitrogens is 2. The average Bonchev–Trinajstić information content (AvgIpc) is 3.50. The van der Waals surface area contributed by atoms with Crippen LogP contribution in [0.2, 0.25) is 0 Å². The molecular weight excluding hydrogens is 563 g/mol. The lowest BCUT2D eigenvalue weighted by molar-refractivity contribution is -0.662. The second-order valence-electron chi connectivity index (χ2n) is 9.41. The number of carbonyl (C=O) groups is 3. The predicted molar refractivity (Wildman–Crippen MR) is 147 cm³/mol. The molecule has 1 saturated heterocycles. The Morgan fingerprint density at radius 2 is 2.15 bits per heavy atom. The third-order valence-corrected chi connectivity index (χ3v) is 10.3. The first kappa shape index (κ1) is 27.4. The highest BCUT2D eigenvalue weighted by Gasteiger charge is 2.53. The van der Waals surface area contributed by atoms with Crippen molar-refractivity contribution in [1.29, 1.82) is 0 Å². The van der Waals surface area contributed by atoms with Crippen molar-refractivity contribution < 1.29 is 28.9 Å². The lowest BCUT2D eigenvalue weighted by Gasteiger charge is -2.50. The van der Waals surface area contributed by atoms with Crippen molar-refractivity contribution in [2.24, 2.45) is 12.2 Å². The Kier molecular flexibility index (Phi) is 7.82. The maximum atomic E-state index is 13.2. The van der Waals surface area contributed by atoms with E-state index in [1.807, 2.05) is 19.0 Å². The molecule has 5 rings (SSSR count). The van der Waals surface area contributed by atoms with Crippen LogP contribution in [-0.4, -0.2) is 70.7 Å². The number of likely N-dealkylation sites (N-methyl/N-ethyl adjacent to an activating group) is 1. The van der Waals surface area contributed by atoms with Crippen molar-refractivity contribution in [3.63, 3.8) is 0 Å². The van der Waals surface area contributed by atoms with Gasteiger partial charge in [-0.2, -0.15) is 0 Å². The number of nitrogens with two attached hydrogens (primary N) is 1. The van der Waals surface area contributed by atoms with Gasteiger partial charge in [0.15, 0.2) is 10.8 Å². The van der Waals surface area contributed by atoms with Crippen molar-refractivity contribution in [2.45, 2.75) is 44.0 Å². The summed E-state index contributed by atoms with van der Waals surface area (Å²) < 4.78 is 2.19. The zero-order chi connectivity index (χ0) is 27.8. The number of carboxylic acid groups (broad SMARTS) is 1. The Morgan fingerprint density at radius 3 is 2.82 bits per heavy atom. The number of rotatable bonds is 9. The van der Waals surface area contributed by atoms with Crippen LogP contribution in [-0.2, 0) is 39.1 Å². The highest BCUT2D eigenvalue weighted by molar-refractivity contribution is 8.00. The first-order chi connectivity index (χ1) is 18.7. The number of fused-ring (bicyclic) bond motifs is 2. The number of amides is 2. The zero-order valence-corrected chi connectivity index (χ0v) is 24.2. The van der Waals surface area contributed by atoms with Crippen LogP contribution >= 0.6 is 34.4 Å². The summed E-state index contributed by atoms with van der Waals surface area (Å²) in [4.78, 5) is 52.3. The molecular formula is C24H29N7O5S3. The Bertz CT molecular complexity index is 1380. The van der Waals surface area contributed by atoms with E-state index in [4.69, 9.17) is 10.6 Å². The number of β-lactam (4-membered cyclic amide) rings is 1. The topological polar surface area (TPSA) is 157 Å². The number of oxime groups is 1. The first-order valence-electron chi connectivity index (χ1n) is 12.5. The zero-order valence-electron chi connectivity index (χ0n) is 21.8. The molecule has 0 saturated carbocycles. The number of aliphatic carboxylic acids is 1. The molecule has 3 N–H and O–H groups in total. The summed E-state index contributed by atoms with van der Waals surface area (Å²) in [7, 11) is 3.97. The van der Waals surface area contributed by atoms with Crippen molar-refractivity contribution >= 4 is 68.2 Å². The van der Waals surface area contributed by atoms with Gasteiger partial charge in [-0.1, -0.05) is 16.5 Å². The van der Waals surface area contributed by atoms with Gasteiger partial charge in [0.2, 0.25) is 0 Å². The lowest BCUT2D eigenvalue weighted by atomic mass is 10.0. The van der Waals surface area contributed by atoms with E-state index in [1.165, 1.54) is 40.1 Å². The second-order valence-corrected chi connectivity index (χ2v) is 12.5. The molecule has 2 amide bonds. The Morgan fingerprint density at radius 1 is 1.38 bits per heavy atom. The number of hydrogen-bond donors (Lipinski definition) is 2. The Labute approximate surface area is 237 Å². The van der Waals surface area contributed by atoms with Crippen LogP contribution in [0.4, 0.5) is 10.3 Å². The average molecular weight is 592 g/mol. The van der Waals surface area contributed by atoms with Gasteiger partial charge < -0.3 is 25.8 Å². The van der Waals surface area contributed by atoms with Crippen LogP contribution in [0.3, 0.4) is 0 Å². The van der Waals surface area contributed by atoms with Gasteiger partial charge in [0.25, 0.3) is 11.8 Å². The normalized spacial score (nSPS) is 20.7. The molecule has 2 unspecified atom stereocenters. The monoisotopic (exact) mass is 591 g/mol. The molecule has 2 atom stereocenters. The van der Waals surface area contributed by atoms with Crippen molar-refractivity contribution in [3.05, 3.63) is 32.9 Å². The summed E-state index contributed by atoms with van der Waals surface area (Å²) in [5.74, 6) is -2.21. The van der Waals surface area contributed by atoms with Gasteiger partial charge in [0.05, 0.1) is 30.6 Å². The Hall–Kier alpha value is -3.17. The van der Waals surface area contributed by atoms with Crippen molar-refractivity contribution in [1.82, 2.24) is 15.2 Å². The number of nitrogens with one attached hydrogen (secondary N) is 1. The van der Waals surface area contributed by atoms with E-state index in [9.17, 15) is 19.5 Å². The first-order valence-corrected chi connectivity index (χ1v) is 15.3. The van der Waals surface area contributed by atoms with Gasteiger partial charge in [0.1, 0.15) is 36.0 Å². The highest BCUT2D eigenvalue weighted by atomic mass is 32.2. The number of thioether (sulfide) groups is 1. The molecule has 2 aromatic rings. The fraction of sp³-hybridized carbons (Fsp3) is 0.500. The second kappa shape index (κ2) is 11.1. The molecule has 1 aliphatic carbocycles. The number of aryl methyl sites for hydroxylation is 1. The minimum absolute atomic E-state index is 0.110. The number of carboxylic acids is 1. The molecule has 0 spiro atoms. The van der Waals surface area contributed by atoms with E-state index in [0.717, 1.165) is 29.3 Å². The largest absolute Gasteiger partial charge is 0.543 e. The number of thiazole rings is 2.